The first-order valence-electron chi connectivity index (χ1n) is 32.8. The number of halogens is 4. The zero-order valence-corrected chi connectivity index (χ0v) is 61.2. The second kappa shape index (κ2) is 31.7. The Bertz CT molecular complexity index is 4430. The smallest absolute Gasteiger partial charge is 0.870 e. The summed E-state index contributed by atoms with van der Waals surface area (Å²) in [5, 5.41) is 3.44. The summed E-state index contributed by atoms with van der Waals surface area (Å²) in [5.41, 5.74) is 0.0707. The molecule has 4 aliphatic heterocycles. The van der Waals surface area contributed by atoms with E-state index < -0.39 is 57.5 Å². The molecule has 0 spiro atoms. The Balaban J connectivity index is 0.000000209. The van der Waals surface area contributed by atoms with E-state index in [1.807, 2.05) is 112 Å². The second-order valence-electron chi connectivity index (χ2n) is 27.3. The Morgan fingerprint density at radius 2 is 1.09 bits per heavy atom. The number of H-pyrrole nitrogens is 1. The summed E-state index contributed by atoms with van der Waals surface area (Å²) in [6.07, 6.45) is 6.75. The number of hydrogen-bond acceptors (Lipinski definition) is 17. The number of nitrogens with one attached hydrogen (secondary N) is 2. The maximum Gasteiger partial charge on any atom is 1.00 e. The maximum atomic E-state index is 16.3. The number of hydrogen-bond donors (Lipinski definition) is 2. The van der Waals surface area contributed by atoms with Gasteiger partial charge in [-0.3, -0.25) is 19.7 Å². The molecule has 0 radical (unpaired) electrons. The number of aromatic amines is 1. The van der Waals surface area contributed by atoms with Gasteiger partial charge in [-0.15, -0.1) is 0 Å². The summed E-state index contributed by atoms with van der Waals surface area (Å²) in [4.78, 5) is 95.3. The topological polar surface area (TPSA) is 264 Å². The van der Waals surface area contributed by atoms with Crippen LogP contribution in [-0.2, 0) is 22.3 Å². The first-order chi connectivity index (χ1) is 45.5. The molecule has 8 aromatic rings. The van der Waals surface area contributed by atoms with Crippen LogP contribution in [0.15, 0.2) is 87.4 Å². The average molecular weight is 1380 g/mol. The van der Waals surface area contributed by atoms with Crippen LogP contribution in [0.25, 0.3) is 56.0 Å². The summed E-state index contributed by atoms with van der Waals surface area (Å²) >= 11 is 0. The number of rotatable bonds is 3. The summed E-state index contributed by atoms with van der Waals surface area (Å²) < 4.78 is 87.4. The monoisotopic (exact) mass is 1380 g/mol. The van der Waals surface area contributed by atoms with E-state index >= 15 is 13.2 Å². The fraction of sp³-hybridized carbons (Fsp3) is 0.465. The number of fused-ring (bicyclic) bond motifs is 10. The quantitative estimate of drug-likeness (QED) is 0.123. The molecule has 2 fully saturated rings. The van der Waals surface area contributed by atoms with E-state index in [1.54, 1.807) is 29.4 Å². The molecule has 12 rings (SSSR count). The van der Waals surface area contributed by atoms with E-state index in [0.29, 0.717) is 81.3 Å². The van der Waals surface area contributed by atoms with Gasteiger partial charge >= 0.3 is 75.0 Å². The summed E-state index contributed by atoms with van der Waals surface area (Å²) in [7, 11) is 0. The van der Waals surface area contributed by atoms with Crippen LogP contribution in [0.4, 0.5) is 33.0 Å². The number of piperazine rings is 2. The number of carbonyl (C=O) groups is 2. The molecule has 0 aliphatic carbocycles. The minimum Gasteiger partial charge on any atom is -0.870 e. The molecule has 98 heavy (non-hydrogen) atoms. The van der Waals surface area contributed by atoms with Crippen molar-refractivity contribution in [3.05, 3.63) is 150 Å². The predicted molar refractivity (Wildman–Crippen MR) is 361 cm³/mol. The molecule has 4 aliphatic rings. The van der Waals surface area contributed by atoms with Gasteiger partial charge in [-0.1, -0.05) is 39.8 Å². The number of aromatic nitrogens is 8. The molecule has 3 atom stereocenters. The third-order valence-electron chi connectivity index (χ3n) is 16.9. The van der Waals surface area contributed by atoms with Gasteiger partial charge in [0, 0.05) is 63.2 Å². The van der Waals surface area contributed by atoms with E-state index in [2.05, 4.69) is 30.2 Å². The molecule has 2 amide bonds. The Morgan fingerprint density at radius 1 is 0.612 bits per heavy atom. The first-order valence-corrected chi connectivity index (χ1v) is 32.8. The van der Waals surface area contributed by atoms with Crippen molar-refractivity contribution in [3.8, 4) is 45.4 Å². The minimum atomic E-state index is -0.900. The van der Waals surface area contributed by atoms with E-state index in [4.69, 9.17) is 23.9 Å². The van der Waals surface area contributed by atoms with E-state index in [1.165, 1.54) is 39.5 Å². The van der Waals surface area contributed by atoms with Crippen LogP contribution in [0.2, 0.25) is 0 Å². The van der Waals surface area contributed by atoms with Crippen LogP contribution >= 0.6 is 0 Å². The van der Waals surface area contributed by atoms with Crippen LogP contribution < -0.4 is 88.0 Å². The average Bonchev–Trinajstić information content (AvgIpc) is 0.802. The fourth-order valence-corrected chi connectivity index (χ4v) is 12.5. The van der Waals surface area contributed by atoms with E-state index in [-0.39, 0.29) is 155 Å². The standard InChI is InChI=1S/C35H40F2N6O4.C25H22F2N4O3.C11H22N2O2.K.H2O/c1-20(2)28-30-22(13-14-38-28)10-7-8-17-46-26-12-9-11-24(36)27(26)29-25(37)18-23-31(40-33(44)43(30)32(23)39-29)42-16-15-41(19-21(42)3)34(45)47-35(4,5)6;1-13(2)20-22-14(9-10-28-20)6-3-4-11-34-18-8-5-7-16(26)19(18)21-17(27)12-15-23(29-21)31(22)25(33)30-24(15)32;1-8-6-12-7-9(2)13(8)10(14)15-11(3,4)5;;/h9,11-14,18,20-21H,7-8,10,15-17,19H2,1-6H3;5,7-10,12-13H,3-4,6,11H2,1-2H3,(H,30,32,33);8-9,12H,6-7H2,1-5H3;;1H2/q;;;+1;/p-1/t21-;;8-,9+;;/m0..../s1. The van der Waals surface area contributed by atoms with Gasteiger partial charge < -0.3 is 44.4 Å². The van der Waals surface area contributed by atoms with Crippen LogP contribution in [-0.4, -0.2) is 142 Å². The summed E-state index contributed by atoms with van der Waals surface area (Å²) in [5.74, 6) is -2.66. The number of nitrogens with zero attached hydrogens (tertiary/aromatic N) is 10. The number of benzene rings is 2. The van der Waals surface area contributed by atoms with Crippen LogP contribution in [0, 0.1) is 23.3 Å². The Hall–Kier alpha value is -7.66. The molecule has 10 heterocycles. The molecule has 2 saturated heterocycles. The van der Waals surface area contributed by atoms with Crippen molar-refractivity contribution in [2.24, 2.45) is 0 Å². The van der Waals surface area contributed by atoms with Gasteiger partial charge in [-0.2, -0.15) is 4.98 Å². The van der Waals surface area contributed by atoms with Gasteiger partial charge in [0.05, 0.1) is 57.9 Å². The molecule has 22 nitrogen and oxygen atoms in total. The second-order valence-corrected chi connectivity index (χ2v) is 27.3. The molecular formula is C71H85F4KN12O10. The molecule has 6 aromatic heterocycles. The van der Waals surface area contributed by atoms with Gasteiger partial charge in [-0.25, -0.2) is 55.8 Å². The van der Waals surface area contributed by atoms with Gasteiger partial charge in [0.15, 0.2) is 22.9 Å². The number of amides is 2. The van der Waals surface area contributed by atoms with Gasteiger partial charge in [0.1, 0.15) is 51.5 Å². The van der Waals surface area contributed by atoms with Crippen molar-refractivity contribution in [2.75, 3.05) is 50.8 Å². The Kier molecular flexibility index (Phi) is 24.6. The molecule has 0 saturated carbocycles. The molecular weight excluding hydrogens is 1300 g/mol. The molecule has 0 unspecified atom stereocenters. The van der Waals surface area contributed by atoms with E-state index in [0.717, 1.165) is 43.1 Å². The molecule has 2 aromatic carbocycles. The Morgan fingerprint density at radius 3 is 1.58 bits per heavy atom. The van der Waals surface area contributed by atoms with Crippen LogP contribution in [0.5, 0.6) is 11.5 Å². The fourth-order valence-electron chi connectivity index (χ4n) is 12.5. The van der Waals surface area contributed by atoms with Crippen molar-refractivity contribution in [1.82, 2.24) is 54.2 Å². The largest absolute Gasteiger partial charge is 1.00 e. The van der Waals surface area contributed by atoms with Crippen LogP contribution in [0.1, 0.15) is 150 Å². The van der Waals surface area contributed by atoms with Crippen molar-refractivity contribution in [2.45, 2.75) is 170 Å². The zero-order chi connectivity index (χ0) is 69.2. The van der Waals surface area contributed by atoms with Crippen molar-refractivity contribution >= 4 is 40.1 Å². The van der Waals surface area contributed by atoms with Crippen molar-refractivity contribution < 1.29 is 103 Å². The van der Waals surface area contributed by atoms with Gasteiger partial charge in [-0.05, 0) is 172 Å². The van der Waals surface area contributed by atoms with Gasteiger partial charge in [0.2, 0.25) is 0 Å². The summed E-state index contributed by atoms with van der Waals surface area (Å²) in [6.45, 7) is 28.1. The van der Waals surface area contributed by atoms with Crippen LogP contribution in [0.3, 0.4) is 0 Å². The molecule has 518 valence electrons. The molecule has 27 heteroatoms. The Labute approximate surface area is 608 Å². The van der Waals surface area contributed by atoms with Gasteiger partial charge in [0.25, 0.3) is 5.56 Å². The number of anilines is 1. The van der Waals surface area contributed by atoms with Crippen molar-refractivity contribution in [3.63, 3.8) is 0 Å². The third-order valence-corrected chi connectivity index (χ3v) is 16.9. The number of carbonyl (C=O) groups excluding carboxylic acids is 2. The zero-order valence-electron chi connectivity index (χ0n) is 58.1. The predicted octanol–water partition coefficient (Wildman–Crippen LogP) is 9.09. The molecule has 3 N–H and O–H groups in total. The molecule has 4 bridgehead atoms. The normalized spacial score (nSPS) is 17.1. The van der Waals surface area contributed by atoms with E-state index in [9.17, 15) is 28.4 Å². The van der Waals surface area contributed by atoms with Crippen molar-refractivity contribution in [1.29, 1.82) is 0 Å². The maximum absolute atomic E-state index is 16.3. The number of pyridine rings is 4. The third kappa shape index (κ3) is 16.6. The first kappa shape index (κ1) is 76.1. The summed E-state index contributed by atoms with van der Waals surface area (Å²) in [6, 6.07) is 14.6. The number of aryl methyl sites for hydroxylation is 2. The number of ether oxygens (including phenoxy) is 4. The minimum absolute atomic E-state index is 0. The SMILES string of the molecule is CC(C)c1nccc2c1-n1c(=O)[nH]c(=O)c3cc(F)c(nc31)-c1c(F)cccc1OCCCC2.CC(C)c1nccc2c1-n1c(=O)nc(N3CCN(C(=O)OC(C)(C)C)C[C@@H]3C)c3cc(F)c(nc31)-c1c(F)cccc1OCCCC2.C[C@@H]1CNC[C@H](C)N1C(=O)OC(C)(C)C.[K+].[OH-].